The highest BCUT2D eigenvalue weighted by Crippen LogP contribution is 2.28. The van der Waals surface area contributed by atoms with Gasteiger partial charge in [-0.05, 0) is 53.6 Å². The number of sulfonamides is 1. The fourth-order valence-corrected chi connectivity index (χ4v) is 4.93. The number of rotatable bonds is 7. The van der Waals surface area contributed by atoms with Crippen molar-refractivity contribution in [3.05, 3.63) is 113 Å². The number of carbonyl (C=O) groups excluding carboxylic acids is 1. The molecular weight excluding hydrogens is 489 g/mol. The Kier molecular flexibility index (Phi) is 7.33. The van der Waals surface area contributed by atoms with E-state index in [0.29, 0.717) is 22.5 Å². The van der Waals surface area contributed by atoms with Gasteiger partial charge in [-0.2, -0.15) is 0 Å². The van der Waals surface area contributed by atoms with E-state index in [-0.39, 0.29) is 16.5 Å². The summed E-state index contributed by atoms with van der Waals surface area (Å²) in [5.41, 5.74) is 2.76. The van der Waals surface area contributed by atoms with E-state index in [2.05, 4.69) is 15.4 Å². The first-order valence-corrected chi connectivity index (χ1v) is 12.4. The second kappa shape index (κ2) is 10.6. The van der Waals surface area contributed by atoms with E-state index < -0.39 is 21.9 Å². The molecule has 9 heteroatoms. The first-order chi connectivity index (χ1) is 16.8. The topological polar surface area (TPSA) is 87.3 Å². The molecule has 0 aliphatic carbocycles. The Bertz CT molecular complexity index is 1450. The SMILES string of the molecule is O=C(NCc1ccc(F)cc1Cl)Nc1ccc(NS(=O)(=O)c2ccccc2-c2ccccc2)cc1. The normalized spacial score (nSPS) is 11.0. The van der Waals surface area contributed by atoms with Gasteiger partial charge in [0.25, 0.3) is 10.0 Å². The lowest BCUT2D eigenvalue weighted by Crippen LogP contribution is -2.28. The average molecular weight is 510 g/mol. The Morgan fingerprint density at radius 2 is 1.49 bits per heavy atom. The maximum atomic E-state index is 13.1. The van der Waals surface area contributed by atoms with Crippen LogP contribution in [0.15, 0.2) is 102 Å². The Morgan fingerprint density at radius 3 is 2.20 bits per heavy atom. The minimum Gasteiger partial charge on any atom is -0.334 e. The van der Waals surface area contributed by atoms with Crippen LogP contribution < -0.4 is 15.4 Å². The molecule has 0 saturated heterocycles. The molecule has 35 heavy (non-hydrogen) atoms. The predicted molar refractivity (Wildman–Crippen MR) is 136 cm³/mol. The molecule has 4 rings (SSSR count). The first-order valence-electron chi connectivity index (χ1n) is 10.6. The van der Waals surface area contributed by atoms with Gasteiger partial charge in [0.1, 0.15) is 5.82 Å². The Hall–Kier alpha value is -3.88. The van der Waals surface area contributed by atoms with Crippen molar-refractivity contribution in [2.24, 2.45) is 0 Å². The number of carbonyl (C=O) groups is 1. The fourth-order valence-electron chi connectivity index (χ4n) is 3.40. The smallest absolute Gasteiger partial charge is 0.319 e. The predicted octanol–water partition coefficient (Wildman–Crippen LogP) is 6.27. The van der Waals surface area contributed by atoms with Crippen LogP contribution in [0.5, 0.6) is 0 Å². The van der Waals surface area contributed by atoms with Crippen LogP contribution in [0.25, 0.3) is 11.1 Å². The van der Waals surface area contributed by atoms with Crippen LogP contribution in [-0.2, 0) is 16.6 Å². The van der Waals surface area contributed by atoms with Crippen molar-refractivity contribution in [3.63, 3.8) is 0 Å². The van der Waals surface area contributed by atoms with Gasteiger partial charge in [0, 0.05) is 28.5 Å². The number of nitrogens with one attached hydrogen (secondary N) is 3. The molecule has 0 heterocycles. The van der Waals surface area contributed by atoms with E-state index >= 15 is 0 Å². The van der Waals surface area contributed by atoms with Gasteiger partial charge in [-0.15, -0.1) is 0 Å². The Labute approximate surface area is 207 Å². The molecule has 178 valence electrons. The minimum atomic E-state index is -3.86. The number of benzene rings is 4. The summed E-state index contributed by atoms with van der Waals surface area (Å²) in [6.45, 7) is 0.115. The standard InChI is InChI=1S/C26H21ClFN3O3S/c27-24-16-20(28)11-10-19(24)17-29-26(32)30-21-12-14-22(15-13-21)31-35(33,34)25-9-5-4-8-23(25)18-6-2-1-3-7-18/h1-16,31H,17H2,(H2,29,30,32). The van der Waals surface area contributed by atoms with Gasteiger partial charge in [0.15, 0.2) is 0 Å². The lowest BCUT2D eigenvalue weighted by molar-refractivity contribution is 0.251. The van der Waals surface area contributed by atoms with E-state index in [1.165, 1.54) is 18.2 Å². The molecule has 0 bridgehead atoms. The molecule has 0 atom stereocenters. The summed E-state index contributed by atoms with van der Waals surface area (Å²) in [6, 6.07) is 25.7. The zero-order valence-electron chi connectivity index (χ0n) is 18.3. The highest BCUT2D eigenvalue weighted by molar-refractivity contribution is 7.92. The van der Waals surface area contributed by atoms with Crippen LogP contribution in [-0.4, -0.2) is 14.4 Å². The molecule has 0 radical (unpaired) electrons. The fraction of sp³-hybridized carbons (Fsp3) is 0.0385. The number of urea groups is 1. The number of halogens is 2. The molecule has 4 aromatic carbocycles. The summed E-state index contributed by atoms with van der Waals surface area (Å²) in [5, 5.41) is 5.50. The molecule has 0 spiro atoms. The van der Waals surface area contributed by atoms with Gasteiger partial charge in [-0.1, -0.05) is 66.2 Å². The van der Waals surface area contributed by atoms with E-state index in [0.717, 1.165) is 5.56 Å². The summed E-state index contributed by atoms with van der Waals surface area (Å²) >= 11 is 5.96. The molecule has 0 unspecified atom stereocenters. The van der Waals surface area contributed by atoms with Crippen LogP contribution in [0.1, 0.15) is 5.56 Å². The highest BCUT2D eigenvalue weighted by Gasteiger charge is 2.19. The molecule has 0 aliphatic rings. The van der Waals surface area contributed by atoms with E-state index in [1.54, 1.807) is 48.5 Å². The zero-order valence-corrected chi connectivity index (χ0v) is 19.9. The van der Waals surface area contributed by atoms with E-state index in [1.807, 2.05) is 30.3 Å². The molecule has 4 aromatic rings. The summed E-state index contributed by atoms with van der Waals surface area (Å²) < 4.78 is 41.9. The molecule has 0 fully saturated rings. The van der Waals surface area contributed by atoms with Crippen molar-refractivity contribution in [3.8, 4) is 11.1 Å². The van der Waals surface area contributed by atoms with Crippen molar-refractivity contribution in [1.29, 1.82) is 0 Å². The van der Waals surface area contributed by atoms with Crippen molar-refractivity contribution in [1.82, 2.24) is 5.32 Å². The van der Waals surface area contributed by atoms with Gasteiger partial charge in [0.05, 0.1) is 4.90 Å². The Morgan fingerprint density at radius 1 is 0.829 bits per heavy atom. The largest absolute Gasteiger partial charge is 0.334 e. The van der Waals surface area contributed by atoms with E-state index in [9.17, 15) is 17.6 Å². The summed E-state index contributed by atoms with van der Waals surface area (Å²) in [6.07, 6.45) is 0. The minimum absolute atomic E-state index is 0.115. The molecule has 6 nitrogen and oxygen atoms in total. The third-order valence-corrected chi connectivity index (χ3v) is 6.90. The lowest BCUT2D eigenvalue weighted by Gasteiger charge is -2.13. The van der Waals surface area contributed by atoms with Crippen LogP contribution >= 0.6 is 11.6 Å². The first kappa shape index (κ1) is 24.3. The monoisotopic (exact) mass is 509 g/mol. The number of anilines is 2. The highest BCUT2D eigenvalue weighted by atomic mass is 35.5. The molecule has 0 aliphatic heterocycles. The van der Waals surface area contributed by atoms with Gasteiger partial charge < -0.3 is 10.6 Å². The summed E-state index contributed by atoms with van der Waals surface area (Å²) in [4.78, 5) is 12.3. The molecule has 0 saturated carbocycles. The third-order valence-electron chi connectivity index (χ3n) is 5.11. The van der Waals surface area contributed by atoms with Crippen molar-refractivity contribution in [2.75, 3.05) is 10.0 Å². The molecule has 3 N–H and O–H groups in total. The van der Waals surface area contributed by atoms with Crippen molar-refractivity contribution in [2.45, 2.75) is 11.4 Å². The second-order valence-corrected chi connectivity index (χ2v) is 9.65. The molecular formula is C26H21ClFN3O3S. The van der Waals surface area contributed by atoms with Crippen LogP contribution in [0.3, 0.4) is 0 Å². The van der Waals surface area contributed by atoms with Crippen LogP contribution in [0.2, 0.25) is 5.02 Å². The van der Waals surface area contributed by atoms with Crippen molar-refractivity contribution < 1.29 is 17.6 Å². The quantitative estimate of drug-likeness (QED) is 0.274. The number of hydrogen-bond donors (Lipinski definition) is 3. The zero-order chi connectivity index (χ0) is 24.8. The van der Waals surface area contributed by atoms with Gasteiger partial charge in [0.2, 0.25) is 0 Å². The lowest BCUT2D eigenvalue weighted by atomic mass is 10.1. The number of hydrogen-bond acceptors (Lipinski definition) is 3. The van der Waals surface area contributed by atoms with Crippen LogP contribution in [0, 0.1) is 5.82 Å². The average Bonchev–Trinajstić information content (AvgIpc) is 2.85. The third kappa shape index (κ3) is 6.17. The second-order valence-electron chi connectivity index (χ2n) is 7.59. The number of amides is 2. The molecule has 2 amide bonds. The van der Waals surface area contributed by atoms with Gasteiger partial charge in [-0.25, -0.2) is 17.6 Å². The Balaban J connectivity index is 1.41. The molecule has 0 aromatic heterocycles. The van der Waals surface area contributed by atoms with Gasteiger partial charge in [-0.3, -0.25) is 4.72 Å². The van der Waals surface area contributed by atoms with Gasteiger partial charge >= 0.3 is 6.03 Å². The maximum Gasteiger partial charge on any atom is 0.319 e. The summed E-state index contributed by atoms with van der Waals surface area (Å²) in [7, 11) is -3.86. The maximum absolute atomic E-state index is 13.1. The summed E-state index contributed by atoms with van der Waals surface area (Å²) in [5.74, 6) is -0.456. The van der Waals surface area contributed by atoms with E-state index in [4.69, 9.17) is 11.6 Å². The van der Waals surface area contributed by atoms with Crippen LogP contribution in [0.4, 0.5) is 20.6 Å². The van der Waals surface area contributed by atoms with Crippen molar-refractivity contribution >= 4 is 39.0 Å².